The maximum absolute atomic E-state index is 13.3. The third kappa shape index (κ3) is 2.97. The van der Waals surface area contributed by atoms with Gasteiger partial charge in [-0.1, -0.05) is 13.3 Å². The highest BCUT2D eigenvalue weighted by molar-refractivity contribution is 5.93. The molecule has 1 saturated heterocycles. The Balaban J connectivity index is 1.71. The molecule has 8 heteroatoms. The Morgan fingerprint density at radius 1 is 1.33 bits per heavy atom. The van der Waals surface area contributed by atoms with Gasteiger partial charge in [0, 0.05) is 44.9 Å². The number of fused-ring (bicyclic) bond motifs is 2. The summed E-state index contributed by atoms with van der Waals surface area (Å²) < 4.78 is 2.08. The standard InChI is InChI=1S/C19H26N6O2/c1-3-4-9-24-11-8-19(12-24)17-15(23(2)13-20-17)7-10-25(19)18(27)14-5-6-16(26)22-21-14/h5-6,13H,3-4,7-12H2,1-2H3,(H,22,26). The minimum absolute atomic E-state index is 0.139. The van der Waals surface area contributed by atoms with E-state index >= 15 is 0 Å². The summed E-state index contributed by atoms with van der Waals surface area (Å²) in [5, 5.41) is 6.35. The van der Waals surface area contributed by atoms with Crippen LogP contribution in [0.3, 0.4) is 0 Å². The SMILES string of the molecule is CCCCN1CCC2(C1)c1ncn(C)c1CCN2C(=O)c1ccc(=O)[nH]n1. The van der Waals surface area contributed by atoms with Gasteiger partial charge >= 0.3 is 0 Å². The van der Waals surface area contributed by atoms with Crippen molar-refractivity contribution in [2.24, 2.45) is 7.05 Å². The number of nitrogens with one attached hydrogen (secondary N) is 1. The van der Waals surface area contributed by atoms with Crippen LogP contribution in [0.4, 0.5) is 0 Å². The molecule has 144 valence electrons. The summed E-state index contributed by atoms with van der Waals surface area (Å²) in [6, 6.07) is 2.86. The Labute approximate surface area is 158 Å². The van der Waals surface area contributed by atoms with E-state index in [1.807, 2.05) is 18.3 Å². The van der Waals surface area contributed by atoms with Crippen molar-refractivity contribution in [3.05, 3.63) is 45.9 Å². The molecule has 1 N–H and O–H groups in total. The molecule has 2 aromatic heterocycles. The average molecular weight is 370 g/mol. The lowest BCUT2D eigenvalue weighted by molar-refractivity contribution is 0.0412. The minimum atomic E-state index is -0.419. The molecule has 1 fully saturated rings. The van der Waals surface area contributed by atoms with Gasteiger partial charge in [0.25, 0.3) is 11.5 Å². The van der Waals surface area contributed by atoms with Gasteiger partial charge in [-0.2, -0.15) is 5.10 Å². The number of nitrogens with zero attached hydrogens (tertiary/aromatic N) is 5. The predicted octanol–water partition coefficient (Wildman–Crippen LogP) is 0.903. The van der Waals surface area contributed by atoms with Crippen molar-refractivity contribution in [2.75, 3.05) is 26.2 Å². The number of amides is 1. The van der Waals surface area contributed by atoms with E-state index in [-0.39, 0.29) is 17.2 Å². The van der Waals surface area contributed by atoms with Crippen LogP contribution in [-0.4, -0.2) is 61.6 Å². The van der Waals surface area contributed by atoms with E-state index < -0.39 is 5.54 Å². The molecule has 0 aromatic carbocycles. The fraction of sp³-hybridized carbons (Fsp3) is 0.579. The zero-order valence-electron chi connectivity index (χ0n) is 15.9. The van der Waals surface area contributed by atoms with Crippen molar-refractivity contribution >= 4 is 5.91 Å². The number of hydrogen-bond donors (Lipinski definition) is 1. The molecule has 4 rings (SSSR count). The van der Waals surface area contributed by atoms with Crippen molar-refractivity contribution < 1.29 is 4.79 Å². The number of aryl methyl sites for hydroxylation is 1. The van der Waals surface area contributed by atoms with E-state index in [1.54, 1.807) is 0 Å². The quantitative estimate of drug-likeness (QED) is 0.864. The van der Waals surface area contributed by atoms with Crippen molar-refractivity contribution in [1.29, 1.82) is 0 Å². The fourth-order valence-electron chi connectivity index (χ4n) is 4.45. The van der Waals surface area contributed by atoms with E-state index in [4.69, 9.17) is 4.98 Å². The molecule has 2 aliphatic rings. The van der Waals surface area contributed by atoms with Crippen molar-refractivity contribution in [3.8, 4) is 0 Å². The number of carbonyl (C=O) groups is 1. The first-order valence-electron chi connectivity index (χ1n) is 9.66. The summed E-state index contributed by atoms with van der Waals surface area (Å²) in [4.78, 5) is 33.7. The summed E-state index contributed by atoms with van der Waals surface area (Å²) >= 11 is 0. The third-order valence-corrected chi connectivity index (χ3v) is 5.89. The molecule has 1 spiro atoms. The maximum Gasteiger partial charge on any atom is 0.275 e. The van der Waals surface area contributed by atoms with E-state index in [1.165, 1.54) is 17.8 Å². The van der Waals surface area contributed by atoms with Gasteiger partial charge in [0.05, 0.1) is 12.0 Å². The van der Waals surface area contributed by atoms with Crippen LogP contribution in [-0.2, 0) is 19.0 Å². The largest absolute Gasteiger partial charge is 0.337 e. The lowest BCUT2D eigenvalue weighted by Crippen LogP contribution is -2.55. The van der Waals surface area contributed by atoms with Gasteiger partial charge in [0.1, 0.15) is 11.2 Å². The molecule has 1 unspecified atom stereocenters. The molecule has 8 nitrogen and oxygen atoms in total. The first-order valence-corrected chi connectivity index (χ1v) is 9.66. The molecule has 27 heavy (non-hydrogen) atoms. The summed E-state index contributed by atoms with van der Waals surface area (Å²) in [6.45, 7) is 5.62. The fourth-order valence-corrected chi connectivity index (χ4v) is 4.45. The normalized spacial score (nSPS) is 22.4. The number of imidazole rings is 1. The number of likely N-dealkylation sites (tertiary alicyclic amines) is 1. The second kappa shape index (κ2) is 6.92. The zero-order valence-corrected chi connectivity index (χ0v) is 15.9. The Morgan fingerprint density at radius 3 is 2.93 bits per heavy atom. The lowest BCUT2D eigenvalue weighted by atomic mass is 9.85. The van der Waals surface area contributed by atoms with Gasteiger partial charge in [-0.05, 0) is 25.5 Å². The Kier molecular flexibility index (Phi) is 4.59. The average Bonchev–Trinajstić information content (AvgIpc) is 3.26. The number of unbranched alkanes of at least 4 members (excludes halogenated alkanes) is 1. The van der Waals surface area contributed by atoms with Crippen LogP contribution >= 0.6 is 0 Å². The molecule has 0 radical (unpaired) electrons. The van der Waals surface area contributed by atoms with Gasteiger partial charge in [-0.25, -0.2) is 10.1 Å². The van der Waals surface area contributed by atoms with Crippen molar-refractivity contribution in [2.45, 2.75) is 38.1 Å². The van der Waals surface area contributed by atoms with Gasteiger partial charge in [0.2, 0.25) is 0 Å². The number of hydrogen-bond acceptors (Lipinski definition) is 5. The molecule has 0 bridgehead atoms. The van der Waals surface area contributed by atoms with Crippen LogP contribution < -0.4 is 5.56 Å². The molecule has 0 aliphatic carbocycles. The van der Waals surface area contributed by atoms with Crippen LogP contribution in [0, 0.1) is 0 Å². The van der Waals surface area contributed by atoms with E-state index in [9.17, 15) is 9.59 Å². The summed E-state index contributed by atoms with van der Waals surface area (Å²) in [5.41, 5.74) is 1.79. The molecule has 4 heterocycles. The number of aromatic nitrogens is 4. The Bertz CT molecular complexity index is 883. The Morgan fingerprint density at radius 2 is 2.19 bits per heavy atom. The highest BCUT2D eigenvalue weighted by Crippen LogP contribution is 2.42. The first-order chi connectivity index (χ1) is 13.0. The highest BCUT2D eigenvalue weighted by Gasteiger charge is 2.51. The van der Waals surface area contributed by atoms with Gasteiger partial charge in [-0.15, -0.1) is 0 Å². The molecule has 0 saturated carbocycles. The van der Waals surface area contributed by atoms with Crippen molar-refractivity contribution in [3.63, 3.8) is 0 Å². The summed E-state index contributed by atoms with van der Waals surface area (Å²) in [5.74, 6) is -0.139. The van der Waals surface area contributed by atoms with Crippen LogP contribution in [0.15, 0.2) is 23.3 Å². The predicted molar refractivity (Wildman–Crippen MR) is 100 cm³/mol. The Hall–Kier alpha value is -2.48. The topological polar surface area (TPSA) is 87.1 Å². The van der Waals surface area contributed by atoms with Crippen LogP contribution in [0.1, 0.15) is 48.1 Å². The van der Waals surface area contributed by atoms with Crippen LogP contribution in [0.5, 0.6) is 0 Å². The number of aromatic amines is 1. The zero-order chi connectivity index (χ0) is 19.0. The third-order valence-electron chi connectivity index (χ3n) is 5.89. The van der Waals surface area contributed by atoms with E-state index in [0.29, 0.717) is 6.54 Å². The summed E-state index contributed by atoms with van der Waals surface area (Å²) in [7, 11) is 2.02. The second-order valence-electron chi connectivity index (χ2n) is 7.58. The van der Waals surface area contributed by atoms with E-state index in [0.717, 1.165) is 51.0 Å². The molecule has 1 atom stereocenters. The van der Waals surface area contributed by atoms with Gasteiger partial charge in [-0.3, -0.25) is 9.59 Å². The number of H-pyrrole nitrogens is 1. The number of carbonyl (C=O) groups excluding carboxylic acids is 1. The first kappa shape index (κ1) is 17.9. The number of rotatable bonds is 4. The van der Waals surface area contributed by atoms with Crippen LogP contribution in [0.2, 0.25) is 0 Å². The molecular weight excluding hydrogens is 344 g/mol. The minimum Gasteiger partial charge on any atom is -0.337 e. The van der Waals surface area contributed by atoms with Gasteiger partial charge in [0.15, 0.2) is 0 Å². The van der Waals surface area contributed by atoms with Crippen LogP contribution in [0.25, 0.3) is 0 Å². The maximum atomic E-state index is 13.3. The molecular formula is C19H26N6O2. The summed E-state index contributed by atoms with van der Waals surface area (Å²) in [6.07, 6.45) is 5.81. The molecule has 2 aromatic rings. The lowest BCUT2D eigenvalue weighted by Gasteiger charge is -2.44. The van der Waals surface area contributed by atoms with Gasteiger partial charge < -0.3 is 14.4 Å². The highest BCUT2D eigenvalue weighted by atomic mass is 16.2. The van der Waals surface area contributed by atoms with E-state index in [2.05, 4.69) is 26.6 Å². The van der Waals surface area contributed by atoms with Crippen molar-refractivity contribution in [1.82, 2.24) is 29.5 Å². The second-order valence-corrected chi connectivity index (χ2v) is 7.58. The smallest absolute Gasteiger partial charge is 0.275 e. The molecule has 1 amide bonds. The monoisotopic (exact) mass is 370 g/mol. The molecule has 2 aliphatic heterocycles.